The molecule has 0 saturated heterocycles. The van der Waals surface area contributed by atoms with E-state index in [4.69, 9.17) is 4.74 Å². The number of carbonyl (C=O) groups excluding carboxylic acids is 1. The maximum Gasteiger partial charge on any atom is 0.295 e. The van der Waals surface area contributed by atoms with Gasteiger partial charge in [-0.2, -0.15) is 0 Å². The fourth-order valence-electron chi connectivity index (χ4n) is 2.76. The van der Waals surface area contributed by atoms with Gasteiger partial charge in [0.1, 0.15) is 12.4 Å². The molecule has 0 fully saturated rings. The molecule has 5 nitrogen and oxygen atoms in total. The van der Waals surface area contributed by atoms with E-state index in [1.54, 1.807) is 12.1 Å². The third-order valence-corrected chi connectivity index (χ3v) is 4.35. The fourth-order valence-corrected chi connectivity index (χ4v) is 2.76. The van der Waals surface area contributed by atoms with Gasteiger partial charge in [0.25, 0.3) is 12.3 Å². The molecule has 7 heteroatoms. The van der Waals surface area contributed by atoms with E-state index in [1.807, 2.05) is 24.3 Å². The minimum absolute atomic E-state index is 0.0817. The molecule has 3 rings (SSSR count). The van der Waals surface area contributed by atoms with E-state index in [9.17, 15) is 13.6 Å². The number of nitrogens with zero attached hydrogens (tertiary/aromatic N) is 1. The van der Waals surface area contributed by atoms with Crippen LogP contribution in [-0.2, 0) is 5.41 Å². The third-order valence-electron chi connectivity index (χ3n) is 4.35. The number of benzene rings is 2. The van der Waals surface area contributed by atoms with Gasteiger partial charge in [0.15, 0.2) is 5.82 Å². The van der Waals surface area contributed by atoms with Gasteiger partial charge in [-0.25, -0.2) is 13.8 Å². The van der Waals surface area contributed by atoms with Crippen molar-refractivity contribution in [2.24, 2.45) is 0 Å². The molecule has 1 aromatic heterocycles. The number of alkyl halides is 2. The van der Waals surface area contributed by atoms with E-state index in [-0.39, 0.29) is 11.3 Å². The van der Waals surface area contributed by atoms with E-state index in [2.05, 4.69) is 36.1 Å². The van der Waals surface area contributed by atoms with Gasteiger partial charge < -0.3 is 15.0 Å². The molecular weight excluding hydrogens is 364 g/mol. The number of aromatic nitrogens is 2. The van der Waals surface area contributed by atoms with Gasteiger partial charge in [-0.05, 0) is 41.3 Å². The lowest BCUT2D eigenvalue weighted by Gasteiger charge is -2.19. The van der Waals surface area contributed by atoms with Gasteiger partial charge in [-0.1, -0.05) is 32.9 Å². The van der Waals surface area contributed by atoms with Crippen molar-refractivity contribution >= 4 is 16.9 Å². The molecule has 0 aliphatic rings. The Balaban J connectivity index is 1.52. The second-order valence-corrected chi connectivity index (χ2v) is 7.53. The van der Waals surface area contributed by atoms with Crippen LogP contribution in [0.2, 0.25) is 0 Å². The lowest BCUT2D eigenvalue weighted by molar-refractivity contribution is 0.0947. The maximum absolute atomic E-state index is 12.7. The van der Waals surface area contributed by atoms with Crippen molar-refractivity contribution < 1.29 is 18.3 Å². The number of hydrogen-bond donors (Lipinski definition) is 2. The second kappa shape index (κ2) is 7.96. The molecule has 1 heterocycles. The Morgan fingerprint density at radius 1 is 1.18 bits per heavy atom. The molecule has 0 aliphatic carbocycles. The standard InChI is InChI=1S/C21H23F2N3O2/c1-21(2,3)14-5-7-15(8-6-14)28-11-10-24-20(27)13-4-9-16-17(12-13)26-19(25-16)18(22)23/h4-9,12,18H,10-11H2,1-3H3,(H,24,27)(H,25,26). The zero-order chi connectivity index (χ0) is 20.3. The Kier molecular flexibility index (Phi) is 5.63. The first-order valence-electron chi connectivity index (χ1n) is 9.03. The van der Waals surface area contributed by atoms with Crippen LogP contribution in [0.5, 0.6) is 5.75 Å². The number of rotatable bonds is 6. The van der Waals surface area contributed by atoms with E-state index in [0.717, 1.165) is 5.75 Å². The SMILES string of the molecule is CC(C)(C)c1ccc(OCCNC(=O)c2ccc3nc(C(F)F)[nH]c3c2)cc1. The van der Waals surface area contributed by atoms with Crippen molar-refractivity contribution in [1.29, 1.82) is 0 Å². The van der Waals surface area contributed by atoms with Crippen LogP contribution in [0, 0.1) is 0 Å². The quantitative estimate of drug-likeness (QED) is 0.607. The van der Waals surface area contributed by atoms with Gasteiger partial charge in [-0.3, -0.25) is 4.79 Å². The summed E-state index contributed by atoms with van der Waals surface area (Å²) in [5, 5.41) is 2.75. The first-order valence-corrected chi connectivity index (χ1v) is 9.03. The number of halogens is 2. The highest BCUT2D eigenvalue weighted by atomic mass is 19.3. The van der Waals surface area contributed by atoms with Crippen molar-refractivity contribution in [3.8, 4) is 5.75 Å². The molecule has 0 bridgehead atoms. The van der Waals surface area contributed by atoms with E-state index in [1.165, 1.54) is 11.6 Å². The number of carbonyl (C=O) groups is 1. The van der Waals surface area contributed by atoms with Crippen molar-refractivity contribution in [3.05, 3.63) is 59.4 Å². The molecule has 0 saturated carbocycles. The number of hydrogen-bond acceptors (Lipinski definition) is 3. The average Bonchev–Trinajstić information content (AvgIpc) is 3.08. The number of ether oxygens (including phenoxy) is 1. The van der Waals surface area contributed by atoms with Crippen molar-refractivity contribution in [2.45, 2.75) is 32.6 Å². The van der Waals surface area contributed by atoms with Crippen LogP contribution in [0.25, 0.3) is 11.0 Å². The fraction of sp³-hybridized carbons (Fsp3) is 0.333. The largest absolute Gasteiger partial charge is 0.492 e. The second-order valence-electron chi connectivity index (χ2n) is 7.53. The Hall–Kier alpha value is -2.96. The van der Waals surface area contributed by atoms with Gasteiger partial charge in [0, 0.05) is 5.56 Å². The molecule has 3 aromatic rings. The van der Waals surface area contributed by atoms with Crippen LogP contribution in [0.1, 0.15) is 48.9 Å². The predicted molar refractivity (Wildman–Crippen MR) is 104 cm³/mol. The van der Waals surface area contributed by atoms with Crippen molar-refractivity contribution in [3.63, 3.8) is 0 Å². The third kappa shape index (κ3) is 4.65. The number of fused-ring (bicyclic) bond motifs is 1. The molecule has 28 heavy (non-hydrogen) atoms. The van der Waals surface area contributed by atoms with Crippen LogP contribution >= 0.6 is 0 Å². The molecule has 0 unspecified atom stereocenters. The highest BCUT2D eigenvalue weighted by Crippen LogP contribution is 2.24. The molecule has 0 atom stereocenters. The van der Waals surface area contributed by atoms with Gasteiger partial charge in [0.05, 0.1) is 17.6 Å². The number of imidazole rings is 1. The average molecular weight is 387 g/mol. The van der Waals surface area contributed by atoms with Gasteiger partial charge >= 0.3 is 0 Å². The van der Waals surface area contributed by atoms with Crippen molar-refractivity contribution in [2.75, 3.05) is 13.2 Å². The minimum atomic E-state index is -2.68. The minimum Gasteiger partial charge on any atom is -0.492 e. The zero-order valence-electron chi connectivity index (χ0n) is 16.1. The van der Waals surface area contributed by atoms with Crippen LogP contribution in [-0.4, -0.2) is 29.0 Å². The first kappa shape index (κ1) is 19.8. The number of aromatic amines is 1. The Morgan fingerprint density at radius 2 is 1.89 bits per heavy atom. The van der Waals surface area contributed by atoms with E-state index < -0.39 is 12.2 Å². The highest BCUT2D eigenvalue weighted by Gasteiger charge is 2.15. The van der Waals surface area contributed by atoms with Crippen LogP contribution in [0.15, 0.2) is 42.5 Å². The lowest BCUT2D eigenvalue weighted by Crippen LogP contribution is -2.28. The smallest absolute Gasteiger partial charge is 0.295 e. The van der Waals surface area contributed by atoms with Gasteiger partial charge in [-0.15, -0.1) is 0 Å². The highest BCUT2D eigenvalue weighted by molar-refractivity contribution is 5.97. The summed E-state index contributed by atoms with van der Waals surface area (Å²) in [6, 6.07) is 12.5. The van der Waals surface area contributed by atoms with E-state index in [0.29, 0.717) is 29.7 Å². The molecule has 0 radical (unpaired) electrons. The van der Waals surface area contributed by atoms with Crippen LogP contribution in [0.3, 0.4) is 0 Å². The summed E-state index contributed by atoms with van der Waals surface area (Å²) in [5.74, 6) is 0.0286. The summed E-state index contributed by atoms with van der Waals surface area (Å²) < 4.78 is 31.1. The number of H-pyrrole nitrogens is 1. The summed E-state index contributed by atoms with van der Waals surface area (Å²) >= 11 is 0. The summed E-state index contributed by atoms with van der Waals surface area (Å²) in [6.45, 7) is 7.08. The summed E-state index contributed by atoms with van der Waals surface area (Å²) in [5.41, 5.74) is 2.47. The lowest BCUT2D eigenvalue weighted by atomic mass is 9.87. The molecule has 0 aliphatic heterocycles. The van der Waals surface area contributed by atoms with Crippen LogP contribution < -0.4 is 10.1 Å². The molecule has 1 amide bonds. The first-order chi connectivity index (χ1) is 13.2. The van der Waals surface area contributed by atoms with Crippen LogP contribution in [0.4, 0.5) is 8.78 Å². The molecule has 2 aromatic carbocycles. The van der Waals surface area contributed by atoms with Crippen molar-refractivity contribution in [1.82, 2.24) is 15.3 Å². The Bertz CT molecular complexity index is 960. The zero-order valence-corrected chi connectivity index (χ0v) is 16.1. The summed E-state index contributed by atoms with van der Waals surface area (Å²) in [6.07, 6.45) is -2.68. The topological polar surface area (TPSA) is 67.0 Å². The Labute approximate surface area is 162 Å². The molecular formula is C21H23F2N3O2. The number of nitrogens with one attached hydrogen (secondary N) is 2. The Morgan fingerprint density at radius 3 is 2.54 bits per heavy atom. The van der Waals surface area contributed by atoms with Gasteiger partial charge in [0.2, 0.25) is 0 Å². The summed E-state index contributed by atoms with van der Waals surface area (Å²) in [7, 11) is 0. The predicted octanol–water partition coefficient (Wildman–Crippen LogP) is 4.61. The monoisotopic (exact) mass is 387 g/mol. The molecule has 0 spiro atoms. The van der Waals surface area contributed by atoms with E-state index >= 15 is 0 Å². The normalized spacial score (nSPS) is 11.8. The molecule has 148 valence electrons. The maximum atomic E-state index is 12.7. The molecule has 2 N–H and O–H groups in total. The summed E-state index contributed by atoms with van der Waals surface area (Å²) in [4.78, 5) is 18.6. The number of amides is 1.